The van der Waals surface area contributed by atoms with Gasteiger partial charge in [0.05, 0.1) is 30.2 Å². The van der Waals surface area contributed by atoms with E-state index in [1.165, 1.54) is 0 Å². The second-order valence-corrected chi connectivity index (χ2v) is 5.98. The molecule has 0 amide bonds. The Morgan fingerprint density at radius 2 is 2.20 bits per heavy atom. The normalized spacial score (nSPS) is 20.4. The fourth-order valence-electron chi connectivity index (χ4n) is 2.52. The average Bonchev–Trinajstić information content (AvgIpc) is 2.43. The van der Waals surface area contributed by atoms with Crippen molar-refractivity contribution in [2.24, 2.45) is 7.05 Å². The van der Waals surface area contributed by atoms with Crippen molar-refractivity contribution in [3.63, 3.8) is 0 Å². The number of ether oxygens (including phenoxy) is 1. The lowest BCUT2D eigenvalue weighted by atomic mass is 10.2. The van der Waals surface area contributed by atoms with Crippen molar-refractivity contribution in [1.29, 1.82) is 0 Å². The molecule has 1 aliphatic heterocycles. The molecule has 0 N–H and O–H groups in total. The third kappa shape index (κ3) is 2.28. The predicted molar refractivity (Wildman–Crippen MR) is 80.9 cm³/mol. The fraction of sp³-hybridized carbons (Fsp3) is 0.429. The van der Waals surface area contributed by atoms with Crippen molar-refractivity contribution in [2.75, 3.05) is 26.8 Å². The Bertz CT molecular complexity index is 713. The third-order valence-corrected chi connectivity index (χ3v) is 4.26. The quantitative estimate of drug-likeness (QED) is 0.794. The van der Waals surface area contributed by atoms with Gasteiger partial charge in [-0.15, -0.1) is 0 Å². The van der Waals surface area contributed by atoms with E-state index in [9.17, 15) is 4.79 Å². The number of fused-ring (bicyclic) bond motifs is 1. The molecule has 1 atom stereocenters. The highest BCUT2D eigenvalue weighted by atomic mass is 79.9. The van der Waals surface area contributed by atoms with Crippen LogP contribution in [-0.2, 0) is 11.8 Å². The van der Waals surface area contributed by atoms with E-state index in [0.717, 1.165) is 29.0 Å². The average molecular weight is 338 g/mol. The van der Waals surface area contributed by atoms with Crippen LogP contribution in [0.4, 0.5) is 0 Å². The van der Waals surface area contributed by atoms with Gasteiger partial charge >= 0.3 is 0 Å². The van der Waals surface area contributed by atoms with Gasteiger partial charge in [0.1, 0.15) is 5.82 Å². The molecule has 0 aliphatic carbocycles. The summed E-state index contributed by atoms with van der Waals surface area (Å²) in [6.07, 6.45) is 0. The molecule has 1 aromatic heterocycles. The Balaban J connectivity index is 2.20. The molecule has 0 radical (unpaired) electrons. The first-order valence-electron chi connectivity index (χ1n) is 6.52. The number of aromatic nitrogens is 2. The molecule has 1 fully saturated rings. The van der Waals surface area contributed by atoms with Gasteiger partial charge in [0.25, 0.3) is 5.56 Å². The maximum absolute atomic E-state index is 12.5. The van der Waals surface area contributed by atoms with E-state index >= 15 is 0 Å². The van der Waals surface area contributed by atoms with E-state index in [2.05, 4.69) is 25.8 Å². The summed E-state index contributed by atoms with van der Waals surface area (Å²) in [5.74, 6) is 0.753. The Kier molecular flexibility index (Phi) is 3.62. The fourth-order valence-corrected chi connectivity index (χ4v) is 2.87. The maximum Gasteiger partial charge on any atom is 0.261 e. The van der Waals surface area contributed by atoms with Gasteiger partial charge in [-0.3, -0.25) is 14.3 Å². The third-order valence-electron chi connectivity index (χ3n) is 3.77. The highest BCUT2D eigenvalue weighted by molar-refractivity contribution is 9.10. The number of morpholine rings is 1. The summed E-state index contributed by atoms with van der Waals surface area (Å²) in [6, 6.07) is 5.56. The van der Waals surface area contributed by atoms with Crippen molar-refractivity contribution in [1.82, 2.24) is 14.5 Å². The van der Waals surface area contributed by atoms with Gasteiger partial charge in [-0.2, -0.15) is 0 Å². The van der Waals surface area contributed by atoms with Crippen LogP contribution in [-0.4, -0.2) is 41.3 Å². The second-order valence-electron chi connectivity index (χ2n) is 5.07. The molecule has 2 heterocycles. The van der Waals surface area contributed by atoms with Crippen LogP contribution in [0.1, 0.15) is 11.9 Å². The van der Waals surface area contributed by atoms with Gasteiger partial charge in [-0.05, 0) is 25.2 Å². The molecule has 3 rings (SSSR count). The van der Waals surface area contributed by atoms with E-state index in [4.69, 9.17) is 4.74 Å². The zero-order valence-electron chi connectivity index (χ0n) is 11.5. The van der Waals surface area contributed by atoms with Crippen LogP contribution in [0.15, 0.2) is 27.5 Å². The van der Waals surface area contributed by atoms with E-state index in [-0.39, 0.29) is 11.6 Å². The molecule has 0 spiro atoms. The molecule has 106 valence electrons. The van der Waals surface area contributed by atoms with Crippen molar-refractivity contribution in [3.05, 3.63) is 38.9 Å². The second kappa shape index (κ2) is 5.27. The Labute approximate surface area is 125 Å². The van der Waals surface area contributed by atoms with E-state index in [1.54, 1.807) is 17.7 Å². The smallest absolute Gasteiger partial charge is 0.261 e. The zero-order valence-corrected chi connectivity index (χ0v) is 13.1. The van der Waals surface area contributed by atoms with Crippen molar-refractivity contribution in [3.8, 4) is 0 Å². The van der Waals surface area contributed by atoms with E-state index in [0.29, 0.717) is 12.0 Å². The van der Waals surface area contributed by atoms with Crippen LogP contribution in [0.2, 0.25) is 0 Å². The summed E-state index contributed by atoms with van der Waals surface area (Å²) in [5.41, 5.74) is 0.702. The largest absolute Gasteiger partial charge is 0.378 e. The number of hydrogen-bond acceptors (Lipinski definition) is 4. The molecule has 20 heavy (non-hydrogen) atoms. The maximum atomic E-state index is 12.5. The summed E-state index contributed by atoms with van der Waals surface area (Å²) in [7, 11) is 3.80. The molecule has 1 aliphatic rings. The van der Waals surface area contributed by atoms with Crippen molar-refractivity contribution >= 4 is 26.8 Å². The summed E-state index contributed by atoms with van der Waals surface area (Å²) < 4.78 is 8.08. The molecule has 1 saturated heterocycles. The Morgan fingerprint density at radius 1 is 1.40 bits per heavy atom. The van der Waals surface area contributed by atoms with Gasteiger partial charge < -0.3 is 4.74 Å². The summed E-state index contributed by atoms with van der Waals surface area (Å²) in [6.45, 7) is 2.13. The Morgan fingerprint density at radius 3 is 2.95 bits per heavy atom. The molecule has 2 aromatic rings. The van der Waals surface area contributed by atoms with Crippen LogP contribution in [0.25, 0.3) is 10.9 Å². The zero-order chi connectivity index (χ0) is 14.3. The van der Waals surface area contributed by atoms with Crippen molar-refractivity contribution in [2.45, 2.75) is 6.04 Å². The standard InChI is InChI=1S/C14H16BrN3O2/c1-17-5-6-20-8-12(17)13-16-11-7-9(15)3-4-10(11)14(19)18(13)2/h3-4,7,12H,5-6,8H2,1-2H3. The minimum Gasteiger partial charge on any atom is -0.378 e. The summed E-state index contributed by atoms with van der Waals surface area (Å²) >= 11 is 3.42. The summed E-state index contributed by atoms with van der Waals surface area (Å²) in [5, 5.41) is 0.638. The van der Waals surface area contributed by atoms with Crippen LogP contribution in [0.5, 0.6) is 0 Å². The first kappa shape index (κ1) is 13.7. The number of benzene rings is 1. The lowest BCUT2D eigenvalue weighted by Gasteiger charge is -2.32. The van der Waals surface area contributed by atoms with Gasteiger partial charge in [-0.25, -0.2) is 4.98 Å². The van der Waals surface area contributed by atoms with E-state index < -0.39 is 0 Å². The van der Waals surface area contributed by atoms with Gasteiger partial charge in [0, 0.05) is 18.1 Å². The molecule has 1 aromatic carbocycles. The lowest BCUT2D eigenvalue weighted by Crippen LogP contribution is -2.40. The molecular weight excluding hydrogens is 322 g/mol. The van der Waals surface area contributed by atoms with Crippen LogP contribution >= 0.6 is 15.9 Å². The van der Waals surface area contributed by atoms with Gasteiger partial charge in [0.15, 0.2) is 0 Å². The highest BCUT2D eigenvalue weighted by Gasteiger charge is 2.25. The number of likely N-dealkylation sites (N-methyl/N-ethyl adjacent to an activating group) is 1. The van der Waals surface area contributed by atoms with Crippen LogP contribution in [0, 0.1) is 0 Å². The van der Waals surface area contributed by atoms with E-state index in [1.807, 2.05) is 19.2 Å². The van der Waals surface area contributed by atoms with Crippen LogP contribution in [0.3, 0.4) is 0 Å². The number of nitrogens with zero attached hydrogens (tertiary/aromatic N) is 3. The molecular formula is C14H16BrN3O2. The molecule has 0 saturated carbocycles. The molecule has 0 bridgehead atoms. The Hall–Kier alpha value is -1.24. The monoisotopic (exact) mass is 337 g/mol. The molecule has 6 heteroatoms. The number of rotatable bonds is 1. The first-order chi connectivity index (χ1) is 9.58. The lowest BCUT2D eigenvalue weighted by molar-refractivity contribution is 0.000514. The van der Waals surface area contributed by atoms with Crippen LogP contribution < -0.4 is 5.56 Å². The number of hydrogen-bond donors (Lipinski definition) is 0. The van der Waals surface area contributed by atoms with Crippen molar-refractivity contribution < 1.29 is 4.74 Å². The molecule has 5 nitrogen and oxygen atoms in total. The highest BCUT2D eigenvalue weighted by Crippen LogP contribution is 2.22. The van der Waals surface area contributed by atoms with Gasteiger partial charge in [0.2, 0.25) is 0 Å². The minimum absolute atomic E-state index is 0.0172. The molecule has 1 unspecified atom stereocenters. The van der Waals surface area contributed by atoms with Gasteiger partial charge in [-0.1, -0.05) is 15.9 Å². The minimum atomic E-state index is -0.0172. The predicted octanol–water partition coefficient (Wildman–Crippen LogP) is 1.70. The topological polar surface area (TPSA) is 47.4 Å². The summed E-state index contributed by atoms with van der Waals surface area (Å²) in [4.78, 5) is 19.3. The number of halogens is 1. The first-order valence-corrected chi connectivity index (χ1v) is 7.31. The SMILES string of the molecule is CN1CCOCC1c1nc2cc(Br)ccc2c(=O)n1C.